The normalized spacial score (nSPS) is 11.1. The van der Waals surface area contributed by atoms with E-state index in [1.807, 2.05) is 30.3 Å². The lowest BCUT2D eigenvalue weighted by molar-refractivity contribution is -0.140. The summed E-state index contributed by atoms with van der Waals surface area (Å²) in [6.07, 6.45) is 2.16. The number of carbonyl (C=O) groups excluding carboxylic acids is 1. The predicted molar refractivity (Wildman–Crippen MR) is 109 cm³/mol. The molecule has 0 aliphatic rings. The minimum Gasteiger partial charge on any atom is -0.469 e. The van der Waals surface area contributed by atoms with E-state index in [9.17, 15) is 9.59 Å². The summed E-state index contributed by atoms with van der Waals surface area (Å²) in [6.45, 7) is 2.48. The third-order valence-electron chi connectivity index (χ3n) is 4.37. The van der Waals surface area contributed by atoms with Crippen LogP contribution in [0.2, 0.25) is 5.02 Å². The number of esters is 1. The number of rotatable bonds is 7. The lowest BCUT2D eigenvalue weighted by Crippen LogP contribution is -2.25. The van der Waals surface area contributed by atoms with E-state index in [4.69, 9.17) is 21.3 Å². The SMILES string of the molecule is CCc1cc2c(=O)n(CCCC(=O)OC)c(Cc3cccc(Cl)c3)nc2s1. The maximum Gasteiger partial charge on any atom is 0.305 e. The number of halogens is 1. The van der Waals surface area contributed by atoms with Crippen LogP contribution in [0.15, 0.2) is 35.1 Å². The van der Waals surface area contributed by atoms with Crippen molar-refractivity contribution in [3.05, 3.63) is 62.0 Å². The summed E-state index contributed by atoms with van der Waals surface area (Å²) in [6, 6.07) is 9.47. The van der Waals surface area contributed by atoms with Gasteiger partial charge in [0.1, 0.15) is 10.7 Å². The molecule has 0 unspecified atom stereocenters. The Morgan fingerprint density at radius 1 is 1.33 bits per heavy atom. The second kappa shape index (κ2) is 8.67. The van der Waals surface area contributed by atoms with E-state index in [-0.39, 0.29) is 17.9 Å². The average molecular weight is 405 g/mol. The molecular weight excluding hydrogens is 384 g/mol. The number of hydrogen-bond donors (Lipinski definition) is 0. The van der Waals surface area contributed by atoms with Crippen molar-refractivity contribution in [3.8, 4) is 0 Å². The Balaban J connectivity index is 2.00. The molecule has 1 aromatic carbocycles. The highest BCUT2D eigenvalue weighted by molar-refractivity contribution is 7.18. The fourth-order valence-electron chi connectivity index (χ4n) is 2.96. The van der Waals surface area contributed by atoms with Crippen molar-refractivity contribution in [3.63, 3.8) is 0 Å². The van der Waals surface area contributed by atoms with Crippen molar-refractivity contribution in [2.75, 3.05) is 7.11 Å². The van der Waals surface area contributed by atoms with Gasteiger partial charge < -0.3 is 4.74 Å². The summed E-state index contributed by atoms with van der Waals surface area (Å²) < 4.78 is 6.37. The predicted octanol–water partition coefficient (Wildman–Crippen LogP) is 4.22. The van der Waals surface area contributed by atoms with Crippen molar-refractivity contribution in [2.24, 2.45) is 0 Å². The van der Waals surface area contributed by atoms with E-state index in [1.165, 1.54) is 7.11 Å². The fourth-order valence-corrected chi connectivity index (χ4v) is 4.15. The van der Waals surface area contributed by atoms with Gasteiger partial charge in [-0.15, -0.1) is 11.3 Å². The number of ether oxygens (including phenoxy) is 1. The molecule has 0 aliphatic heterocycles. The van der Waals surface area contributed by atoms with Crippen molar-refractivity contribution in [1.29, 1.82) is 0 Å². The van der Waals surface area contributed by atoms with Crippen molar-refractivity contribution in [1.82, 2.24) is 9.55 Å². The third kappa shape index (κ3) is 4.57. The number of fused-ring (bicyclic) bond motifs is 1. The highest BCUT2D eigenvalue weighted by atomic mass is 35.5. The second-order valence-electron chi connectivity index (χ2n) is 6.26. The monoisotopic (exact) mass is 404 g/mol. The number of aryl methyl sites for hydroxylation is 1. The highest BCUT2D eigenvalue weighted by Crippen LogP contribution is 2.23. The Hall–Kier alpha value is -2.18. The summed E-state index contributed by atoms with van der Waals surface area (Å²) in [5.41, 5.74) is 0.931. The van der Waals surface area contributed by atoms with Crippen LogP contribution < -0.4 is 5.56 Å². The van der Waals surface area contributed by atoms with Gasteiger partial charge in [0.05, 0.1) is 12.5 Å². The van der Waals surface area contributed by atoms with Crippen LogP contribution >= 0.6 is 22.9 Å². The van der Waals surface area contributed by atoms with Gasteiger partial charge in [0.15, 0.2) is 0 Å². The molecular formula is C20H21ClN2O3S. The minimum atomic E-state index is -0.280. The Morgan fingerprint density at radius 2 is 2.15 bits per heavy atom. The molecule has 7 heteroatoms. The van der Waals surface area contributed by atoms with E-state index >= 15 is 0 Å². The zero-order chi connectivity index (χ0) is 19.4. The molecule has 0 saturated carbocycles. The fraction of sp³-hybridized carbons (Fsp3) is 0.350. The minimum absolute atomic E-state index is 0.0576. The number of methoxy groups -OCH3 is 1. The largest absolute Gasteiger partial charge is 0.469 e. The molecule has 0 fully saturated rings. The maximum atomic E-state index is 13.1. The van der Waals surface area contributed by atoms with E-state index in [1.54, 1.807) is 15.9 Å². The van der Waals surface area contributed by atoms with Gasteiger partial charge in [-0.3, -0.25) is 14.2 Å². The first-order valence-corrected chi connectivity index (χ1v) is 10.0. The maximum absolute atomic E-state index is 13.1. The van der Waals surface area contributed by atoms with Crippen LogP contribution in [0, 0.1) is 0 Å². The smallest absolute Gasteiger partial charge is 0.305 e. The Kier molecular flexibility index (Phi) is 6.29. The molecule has 0 aliphatic carbocycles. The van der Waals surface area contributed by atoms with Crippen LogP contribution in [0.3, 0.4) is 0 Å². The molecule has 0 saturated heterocycles. The standard InChI is InChI=1S/C20H21ClN2O3S/c1-3-15-12-16-19(27-15)22-17(11-13-6-4-7-14(21)10-13)23(20(16)25)9-5-8-18(24)26-2/h4,6-7,10,12H,3,5,8-9,11H2,1-2H3. The molecule has 0 bridgehead atoms. The Bertz CT molecular complexity index is 1030. The molecule has 27 heavy (non-hydrogen) atoms. The molecule has 0 atom stereocenters. The van der Waals surface area contributed by atoms with E-state index in [2.05, 4.69) is 6.92 Å². The topological polar surface area (TPSA) is 61.2 Å². The summed E-state index contributed by atoms with van der Waals surface area (Å²) in [5.74, 6) is 0.404. The first-order valence-electron chi connectivity index (χ1n) is 8.85. The van der Waals surface area contributed by atoms with Crippen LogP contribution in [0.5, 0.6) is 0 Å². The third-order valence-corrected chi connectivity index (χ3v) is 5.78. The van der Waals surface area contributed by atoms with Crippen LogP contribution in [0.4, 0.5) is 0 Å². The second-order valence-corrected chi connectivity index (χ2v) is 7.81. The number of nitrogens with zero attached hydrogens (tertiary/aromatic N) is 2. The van der Waals surface area contributed by atoms with Crippen LogP contribution in [-0.2, 0) is 28.9 Å². The van der Waals surface area contributed by atoms with Crippen molar-refractivity contribution >= 4 is 39.1 Å². The van der Waals surface area contributed by atoms with E-state index < -0.39 is 0 Å². The van der Waals surface area contributed by atoms with Gasteiger partial charge in [0.25, 0.3) is 5.56 Å². The molecule has 0 amide bonds. The molecule has 3 aromatic rings. The van der Waals surface area contributed by atoms with Crippen LogP contribution in [-0.4, -0.2) is 22.6 Å². The van der Waals surface area contributed by atoms with Gasteiger partial charge in [0, 0.05) is 29.3 Å². The number of carbonyl (C=O) groups is 1. The Morgan fingerprint density at radius 3 is 2.85 bits per heavy atom. The van der Waals surface area contributed by atoms with Crippen molar-refractivity contribution < 1.29 is 9.53 Å². The Labute approximate surface area is 166 Å². The first kappa shape index (κ1) is 19.6. The van der Waals surface area contributed by atoms with Gasteiger partial charge in [0.2, 0.25) is 0 Å². The summed E-state index contributed by atoms with van der Waals surface area (Å²) in [5, 5.41) is 1.29. The van der Waals surface area contributed by atoms with Gasteiger partial charge in [-0.1, -0.05) is 30.7 Å². The lowest BCUT2D eigenvalue weighted by Gasteiger charge is -2.12. The zero-order valence-electron chi connectivity index (χ0n) is 15.3. The molecule has 2 aromatic heterocycles. The van der Waals surface area contributed by atoms with Crippen molar-refractivity contribution in [2.45, 2.75) is 39.2 Å². The molecule has 0 spiro atoms. The van der Waals surface area contributed by atoms with Crippen LogP contribution in [0.1, 0.15) is 36.0 Å². The number of thiophene rings is 1. The van der Waals surface area contributed by atoms with Gasteiger partial charge in [-0.2, -0.15) is 0 Å². The molecule has 2 heterocycles. The molecule has 3 rings (SSSR count). The molecule has 142 valence electrons. The van der Waals surface area contributed by atoms with Crippen LogP contribution in [0.25, 0.3) is 10.2 Å². The quantitative estimate of drug-likeness (QED) is 0.553. The number of benzene rings is 1. The summed E-state index contributed by atoms with van der Waals surface area (Å²) in [4.78, 5) is 31.2. The highest BCUT2D eigenvalue weighted by Gasteiger charge is 2.15. The van der Waals surface area contributed by atoms with Gasteiger partial charge in [-0.05, 0) is 36.6 Å². The van der Waals surface area contributed by atoms with Gasteiger partial charge in [-0.25, -0.2) is 4.98 Å². The first-order chi connectivity index (χ1) is 13.0. The molecule has 0 N–H and O–H groups in total. The molecule has 5 nitrogen and oxygen atoms in total. The van der Waals surface area contributed by atoms with E-state index in [0.717, 1.165) is 21.7 Å². The van der Waals surface area contributed by atoms with Gasteiger partial charge >= 0.3 is 5.97 Å². The zero-order valence-corrected chi connectivity index (χ0v) is 16.9. The summed E-state index contributed by atoms with van der Waals surface area (Å²) in [7, 11) is 1.37. The molecule has 0 radical (unpaired) electrons. The number of aromatic nitrogens is 2. The van der Waals surface area contributed by atoms with E-state index in [0.29, 0.717) is 35.6 Å². The number of hydrogen-bond acceptors (Lipinski definition) is 5. The lowest BCUT2D eigenvalue weighted by atomic mass is 10.1. The average Bonchev–Trinajstić information content (AvgIpc) is 3.07. The summed E-state index contributed by atoms with van der Waals surface area (Å²) >= 11 is 7.65.